The van der Waals surface area contributed by atoms with Crippen LogP contribution >= 0.6 is 0 Å². The Morgan fingerprint density at radius 1 is 1.43 bits per heavy atom. The van der Waals surface area contributed by atoms with E-state index in [2.05, 4.69) is 4.18 Å². The van der Waals surface area contributed by atoms with Crippen LogP contribution in [0.4, 0.5) is 0 Å². The molecule has 1 N–H and O–H groups in total. The highest BCUT2D eigenvalue weighted by molar-refractivity contribution is 7.81. The zero-order valence-electron chi connectivity index (χ0n) is 12.8. The van der Waals surface area contributed by atoms with Crippen LogP contribution in [0.5, 0.6) is 0 Å². The van der Waals surface area contributed by atoms with E-state index in [9.17, 15) is 18.0 Å². The first kappa shape index (κ1) is 16.4. The molecule has 2 bridgehead atoms. The molecule has 2 aliphatic rings. The Bertz CT molecular complexity index is 578. The van der Waals surface area contributed by atoms with Crippen molar-refractivity contribution in [3.63, 3.8) is 0 Å². The van der Waals surface area contributed by atoms with Gasteiger partial charge in [0.25, 0.3) is 0 Å². The molecule has 0 aliphatic heterocycles. The highest BCUT2D eigenvalue weighted by atomic mass is 32.3. The van der Waals surface area contributed by atoms with Gasteiger partial charge in [-0.2, -0.15) is 8.42 Å². The fourth-order valence-electron chi connectivity index (χ4n) is 4.35. The van der Waals surface area contributed by atoms with Crippen molar-refractivity contribution >= 4 is 22.2 Å². The van der Waals surface area contributed by atoms with Crippen molar-refractivity contribution in [2.45, 2.75) is 47.0 Å². The van der Waals surface area contributed by atoms with Gasteiger partial charge in [0.1, 0.15) is 5.78 Å². The number of carbonyl (C=O) groups is 2. The predicted octanol–water partition coefficient (Wildman–Crippen LogP) is 2.00. The van der Waals surface area contributed by atoms with Crippen LogP contribution in [0.2, 0.25) is 0 Å². The van der Waals surface area contributed by atoms with E-state index in [0.29, 0.717) is 6.42 Å². The Morgan fingerprint density at radius 3 is 2.38 bits per heavy atom. The first-order chi connectivity index (χ1) is 9.45. The fraction of sp³-hybridized carbons (Fsp3) is 0.857. The van der Waals surface area contributed by atoms with Crippen molar-refractivity contribution < 1.29 is 26.7 Å². The van der Waals surface area contributed by atoms with Gasteiger partial charge in [-0.25, -0.2) is 0 Å². The molecular formula is C14H22O6S. The lowest BCUT2D eigenvalue weighted by atomic mass is 9.70. The Morgan fingerprint density at radius 2 is 2.00 bits per heavy atom. The van der Waals surface area contributed by atoms with Gasteiger partial charge in [-0.15, -0.1) is 0 Å². The number of carbonyl (C=O) groups excluding carboxylic acids is 2. The zero-order chi connectivity index (χ0) is 16.2. The minimum absolute atomic E-state index is 0.0166. The van der Waals surface area contributed by atoms with Crippen LogP contribution in [-0.4, -0.2) is 24.7 Å². The van der Waals surface area contributed by atoms with Gasteiger partial charge in [0.2, 0.25) is 0 Å². The maximum Gasteiger partial charge on any atom is 0.448 e. The van der Waals surface area contributed by atoms with E-state index in [0.717, 1.165) is 12.8 Å². The molecule has 21 heavy (non-hydrogen) atoms. The number of fused-ring (bicyclic) bond motifs is 2. The van der Waals surface area contributed by atoms with Crippen LogP contribution in [-0.2, 0) is 24.2 Å². The van der Waals surface area contributed by atoms with Crippen LogP contribution in [0.3, 0.4) is 0 Å². The van der Waals surface area contributed by atoms with E-state index in [-0.39, 0.29) is 17.1 Å². The summed E-state index contributed by atoms with van der Waals surface area (Å²) >= 11 is 0. The Labute approximate surface area is 125 Å². The summed E-state index contributed by atoms with van der Waals surface area (Å²) in [5.74, 6) is -2.34. The molecule has 4 atom stereocenters. The average Bonchev–Trinajstić information content (AvgIpc) is 2.62. The molecular weight excluding hydrogens is 296 g/mol. The predicted molar refractivity (Wildman–Crippen MR) is 74.5 cm³/mol. The van der Waals surface area contributed by atoms with Gasteiger partial charge in [-0.1, -0.05) is 27.7 Å². The SMILES string of the molecule is CCC(C(=O)OS(=O)(=O)O)C1C(=O)C2(C)CCC1C2(C)C. The summed E-state index contributed by atoms with van der Waals surface area (Å²) in [5, 5.41) is 0. The van der Waals surface area contributed by atoms with E-state index < -0.39 is 33.6 Å². The van der Waals surface area contributed by atoms with E-state index in [1.807, 2.05) is 20.8 Å². The van der Waals surface area contributed by atoms with Crippen LogP contribution in [0.1, 0.15) is 47.0 Å². The minimum atomic E-state index is -4.84. The fourth-order valence-corrected chi connectivity index (χ4v) is 4.68. The molecule has 2 aliphatic carbocycles. The molecule has 0 saturated heterocycles. The van der Waals surface area contributed by atoms with Gasteiger partial charge in [0.15, 0.2) is 0 Å². The molecule has 7 heteroatoms. The molecule has 2 saturated carbocycles. The number of Topliss-reactive ketones (excluding diaryl/α,β-unsaturated/α-hetero) is 1. The second kappa shape index (κ2) is 4.78. The molecule has 120 valence electrons. The zero-order valence-corrected chi connectivity index (χ0v) is 13.6. The molecule has 0 amide bonds. The van der Waals surface area contributed by atoms with Gasteiger partial charge in [-0.05, 0) is 30.6 Å². The van der Waals surface area contributed by atoms with E-state index >= 15 is 0 Å². The van der Waals surface area contributed by atoms with Gasteiger partial charge >= 0.3 is 16.4 Å². The van der Waals surface area contributed by atoms with Crippen molar-refractivity contribution in [3.05, 3.63) is 0 Å². The van der Waals surface area contributed by atoms with E-state index in [4.69, 9.17) is 4.55 Å². The summed E-state index contributed by atoms with van der Waals surface area (Å²) in [6.07, 6.45) is 1.94. The molecule has 2 rings (SSSR count). The second-order valence-corrected chi connectivity index (χ2v) is 7.96. The normalized spacial score (nSPS) is 35.8. The summed E-state index contributed by atoms with van der Waals surface area (Å²) in [5.41, 5.74) is -0.700. The summed E-state index contributed by atoms with van der Waals surface area (Å²) < 4.78 is 34.2. The molecule has 0 spiro atoms. The van der Waals surface area contributed by atoms with E-state index in [1.165, 1.54) is 0 Å². The van der Waals surface area contributed by atoms with Crippen LogP contribution in [0.25, 0.3) is 0 Å². The molecule has 0 aromatic heterocycles. The maximum absolute atomic E-state index is 12.8. The van der Waals surface area contributed by atoms with Crippen LogP contribution in [0, 0.1) is 28.6 Å². The lowest BCUT2D eigenvalue weighted by Gasteiger charge is -2.32. The number of ketones is 1. The smallest absolute Gasteiger partial charge is 0.325 e. The largest absolute Gasteiger partial charge is 0.448 e. The molecule has 6 nitrogen and oxygen atoms in total. The number of rotatable bonds is 4. The molecule has 0 aromatic rings. The van der Waals surface area contributed by atoms with Gasteiger partial charge in [0.05, 0.1) is 5.92 Å². The third kappa shape index (κ3) is 2.30. The van der Waals surface area contributed by atoms with Gasteiger partial charge in [0, 0.05) is 11.3 Å². The molecule has 0 aromatic carbocycles. The Kier molecular flexibility index (Phi) is 3.73. The molecule has 4 unspecified atom stereocenters. The Balaban J connectivity index is 2.33. The van der Waals surface area contributed by atoms with Crippen molar-refractivity contribution in [1.82, 2.24) is 0 Å². The third-order valence-electron chi connectivity index (χ3n) is 5.95. The van der Waals surface area contributed by atoms with Crippen molar-refractivity contribution in [2.24, 2.45) is 28.6 Å². The standard InChI is InChI=1S/C14H22O6S/c1-5-8(12(16)20-21(17,18)19)10-9-6-7-14(4,11(10)15)13(9,2)3/h8-10H,5-7H2,1-4H3,(H,17,18,19). The monoisotopic (exact) mass is 318 g/mol. The highest BCUT2D eigenvalue weighted by Gasteiger charge is 2.68. The first-order valence-electron chi connectivity index (χ1n) is 7.20. The second-order valence-electron chi connectivity index (χ2n) is 6.93. The van der Waals surface area contributed by atoms with Crippen LogP contribution < -0.4 is 0 Å². The average molecular weight is 318 g/mol. The van der Waals surface area contributed by atoms with Crippen molar-refractivity contribution in [3.8, 4) is 0 Å². The lowest BCUT2D eigenvalue weighted by molar-refractivity contribution is -0.147. The number of hydrogen-bond acceptors (Lipinski definition) is 5. The molecule has 0 heterocycles. The lowest BCUT2D eigenvalue weighted by Crippen LogP contribution is -2.38. The maximum atomic E-state index is 12.8. The number of hydrogen-bond donors (Lipinski definition) is 1. The highest BCUT2D eigenvalue weighted by Crippen LogP contribution is 2.67. The molecule has 0 radical (unpaired) electrons. The Hall–Kier alpha value is -0.950. The minimum Gasteiger partial charge on any atom is -0.325 e. The summed E-state index contributed by atoms with van der Waals surface area (Å²) in [7, 11) is -4.84. The first-order valence-corrected chi connectivity index (χ1v) is 8.57. The van der Waals surface area contributed by atoms with Crippen molar-refractivity contribution in [1.29, 1.82) is 0 Å². The quantitative estimate of drug-likeness (QED) is 0.796. The summed E-state index contributed by atoms with van der Waals surface area (Å²) in [4.78, 5) is 24.8. The summed E-state index contributed by atoms with van der Waals surface area (Å²) in [6.45, 7) is 7.70. The summed E-state index contributed by atoms with van der Waals surface area (Å²) in [6, 6.07) is 0. The van der Waals surface area contributed by atoms with Crippen molar-refractivity contribution in [2.75, 3.05) is 0 Å². The third-order valence-corrected chi connectivity index (χ3v) is 6.32. The van der Waals surface area contributed by atoms with E-state index in [1.54, 1.807) is 6.92 Å². The molecule has 2 fully saturated rings. The topological polar surface area (TPSA) is 97.7 Å². The van der Waals surface area contributed by atoms with Crippen LogP contribution in [0.15, 0.2) is 0 Å². The van der Waals surface area contributed by atoms with Gasteiger partial charge in [-0.3, -0.25) is 14.1 Å². The van der Waals surface area contributed by atoms with Gasteiger partial charge < -0.3 is 4.18 Å².